The van der Waals surface area contributed by atoms with Gasteiger partial charge in [-0.15, -0.1) is 20.4 Å². The number of nitrogens with zero attached hydrogens (tertiary/aromatic N) is 10. The van der Waals surface area contributed by atoms with Crippen LogP contribution in [0.4, 0.5) is 11.6 Å². The third kappa shape index (κ3) is 7.41. The summed E-state index contributed by atoms with van der Waals surface area (Å²) in [6.45, 7) is 6.96. The summed E-state index contributed by atoms with van der Waals surface area (Å²) in [6.07, 6.45) is 12.6. The monoisotopic (exact) mass is 712 g/mol. The predicted octanol–water partition coefficient (Wildman–Crippen LogP) is 4.72. The molecule has 0 bridgehead atoms. The van der Waals surface area contributed by atoms with E-state index in [4.69, 9.17) is 5.73 Å². The molecule has 0 radical (unpaired) electrons. The van der Waals surface area contributed by atoms with Gasteiger partial charge >= 0.3 is 0 Å². The summed E-state index contributed by atoms with van der Waals surface area (Å²) in [5.74, 6) is 2.06. The largest absolute Gasteiger partial charge is 0.507 e. The van der Waals surface area contributed by atoms with Gasteiger partial charge in [0.2, 0.25) is 0 Å². The zero-order chi connectivity index (χ0) is 36.4. The lowest BCUT2D eigenvalue weighted by molar-refractivity contribution is 0.362. The smallest absolute Gasteiger partial charge is 0.151 e. The van der Waals surface area contributed by atoms with Crippen LogP contribution in [0.2, 0.25) is 0 Å². The number of piperidine rings is 1. The summed E-state index contributed by atoms with van der Waals surface area (Å²) in [5, 5.41) is 50.3. The molecule has 0 saturated carbocycles. The van der Waals surface area contributed by atoms with Crippen molar-refractivity contribution in [1.82, 2.24) is 45.3 Å². The molecule has 7 heterocycles. The van der Waals surface area contributed by atoms with E-state index in [9.17, 15) is 10.2 Å². The fourth-order valence-electron chi connectivity index (χ4n) is 7.41. The van der Waals surface area contributed by atoms with E-state index in [-0.39, 0.29) is 22.6 Å². The molecular formula is C39H44N12O2. The Morgan fingerprint density at radius 2 is 1.21 bits per heavy atom. The zero-order valence-electron chi connectivity index (χ0n) is 29.8. The van der Waals surface area contributed by atoms with E-state index >= 15 is 0 Å². The maximum absolute atomic E-state index is 10.4. The van der Waals surface area contributed by atoms with E-state index in [0.29, 0.717) is 22.5 Å². The van der Waals surface area contributed by atoms with E-state index in [1.165, 1.54) is 12.8 Å². The molecule has 9 rings (SSSR count). The Labute approximate surface area is 307 Å². The number of nitrogens with two attached hydrogens (primary N) is 1. The molecule has 4 aromatic heterocycles. The predicted molar refractivity (Wildman–Crippen MR) is 203 cm³/mol. The van der Waals surface area contributed by atoms with Crippen molar-refractivity contribution >= 4 is 11.6 Å². The highest BCUT2D eigenvalue weighted by Gasteiger charge is 2.40. The van der Waals surface area contributed by atoms with Gasteiger partial charge in [-0.05, 0) is 106 Å². The second kappa shape index (κ2) is 14.3. The molecule has 0 aliphatic carbocycles. The topological polar surface area (TPSA) is 172 Å². The summed E-state index contributed by atoms with van der Waals surface area (Å²) in [6, 6.07) is 22.3. The number of hydrogen-bond acceptors (Lipinski definition) is 12. The highest BCUT2D eigenvalue weighted by atomic mass is 16.3. The molecular weight excluding hydrogens is 669 g/mol. The lowest BCUT2D eigenvalue weighted by Gasteiger charge is -2.37. The Bertz CT molecular complexity index is 2120. The van der Waals surface area contributed by atoms with Crippen LogP contribution in [0.25, 0.3) is 33.9 Å². The molecule has 53 heavy (non-hydrogen) atoms. The second-order valence-corrected chi connectivity index (χ2v) is 14.5. The summed E-state index contributed by atoms with van der Waals surface area (Å²) < 4.78 is 3.40. The van der Waals surface area contributed by atoms with Gasteiger partial charge in [-0.3, -0.25) is 0 Å². The first-order valence-corrected chi connectivity index (χ1v) is 18.1. The van der Waals surface area contributed by atoms with Crippen molar-refractivity contribution in [2.45, 2.75) is 50.1 Å². The van der Waals surface area contributed by atoms with Crippen molar-refractivity contribution in [3.8, 4) is 45.4 Å². The number of benzene rings is 2. The number of aromatic hydroxyl groups is 2. The number of phenolic OH excluding ortho intramolecular Hbond substituents is 2. The van der Waals surface area contributed by atoms with Gasteiger partial charge in [-0.2, -0.15) is 10.2 Å². The van der Waals surface area contributed by atoms with Crippen LogP contribution in [0.3, 0.4) is 0 Å². The third-order valence-corrected chi connectivity index (χ3v) is 10.6. The van der Waals surface area contributed by atoms with Crippen LogP contribution in [0.15, 0.2) is 97.6 Å². The molecule has 5 N–H and O–H groups in total. The highest BCUT2D eigenvalue weighted by Crippen LogP contribution is 2.34. The first-order chi connectivity index (χ1) is 25.7. The Kier molecular flexibility index (Phi) is 9.22. The van der Waals surface area contributed by atoms with Crippen LogP contribution in [-0.2, 0) is 0 Å². The molecule has 1 unspecified atom stereocenters. The van der Waals surface area contributed by atoms with Gasteiger partial charge < -0.3 is 31.1 Å². The minimum absolute atomic E-state index is 0.0913. The minimum atomic E-state index is -0.0913. The molecule has 1 spiro atoms. The van der Waals surface area contributed by atoms with Crippen LogP contribution in [0.1, 0.15) is 39.0 Å². The fourth-order valence-corrected chi connectivity index (χ4v) is 7.41. The molecule has 14 nitrogen and oxygen atoms in total. The Hall–Kier alpha value is -5.86. The summed E-state index contributed by atoms with van der Waals surface area (Å²) in [7, 11) is 0. The van der Waals surface area contributed by atoms with Crippen molar-refractivity contribution in [3.63, 3.8) is 0 Å². The van der Waals surface area contributed by atoms with Gasteiger partial charge in [-0.25, -0.2) is 9.36 Å². The molecule has 1 atom stereocenters. The van der Waals surface area contributed by atoms with Crippen molar-refractivity contribution < 1.29 is 10.2 Å². The number of nitrogens with one attached hydrogen (secondary N) is 1. The average Bonchev–Trinajstić information content (AvgIpc) is 4.02. The van der Waals surface area contributed by atoms with E-state index in [1.54, 1.807) is 33.9 Å². The zero-order valence-corrected chi connectivity index (χ0v) is 29.8. The molecule has 14 heteroatoms. The molecule has 3 aliphatic rings. The minimum Gasteiger partial charge on any atom is -0.507 e. The van der Waals surface area contributed by atoms with Crippen LogP contribution in [0.5, 0.6) is 11.5 Å². The van der Waals surface area contributed by atoms with Crippen molar-refractivity contribution in [1.29, 1.82) is 0 Å². The Morgan fingerprint density at radius 1 is 0.660 bits per heavy atom. The number of rotatable bonds is 6. The number of aromatic nitrogens is 8. The number of phenols is 2. The van der Waals surface area contributed by atoms with Gasteiger partial charge in [0.05, 0.1) is 22.8 Å². The molecule has 3 saturated heterocycles. The lowest BCUT2D eigenvalue weighted by atomic mass is 9.91. The van der Waals surface area contributed by atoms with Gasteiger partial charge in [0, 0.05) is 85.3 Å². The molecule has 2 aromatic carbocycles. The summed E-state index contributed by atoms with van der Waals surface area (Å²) >= 11 is 0. The normalized spacial score (nSPS) is 19.4. The van der Waals surface area contributed by atoms with E-state index in [1.807, 2.05) is 73.1 Å². The molecule has 6 aromatic rings. The van der Waals surface area contributed by atoms with Gasteiger partial charge in [0.25, 0.3) is 0 Å². The molecule has 0 amide bonds. The van der Waals surface area contributed by atoms with Crippen LogP contribution >= 0.6 is 0 Å². The van der Waals surface area contributed by atoms with Crippen molar-refractivity contribution in [2.24, 2.45) is 5.73 Å². The van der Waals surface area contributed by atoms with Gasteiger partial charge in [0.1, 0.15) is 11.5 Å². The standard InChI is InChI=1S/C20H22N6O.C19H22N6O/c27-18-13-15(26-11-2-10-22-26)3-4-16(18)17-5-6-19(24-23-17)25-12-8-20(14-25)7-1-9-21-20;1-19(20)7-11-24(12-8-19)18-6-5-16(22-23-18)15-4-3-14(13-17(15)26)25-10-2-9-21-25/h2-6,10-11,13,21,27H,1,7-9,12,14H2;2-6,9-10,13,26H,7-8,11-12,20H2,1H3. The van der Waals surface area contributed by atoms with Crippen molar-refractivity contribution in [2.75, 3.05) is 42.5 Å². The second-order valence-electron chi connectivity index (χ2n) is 14.5. The first-order valence-electron chi connectivity index (χ1n) is 18.1. The van der Waals surface area contributed by atoms with E-state index in [0.717, 1.165) is 75.0 Å². The van der Waals surface area contributed by atoms with Crippen molar-refractivity contribution in [3.05, 3.63) is 97.6 Å². The first kappa shape index (κ1) is 34.2. The highest BCUT2D eigenvalue weighted by molar-refractivity contribution is 5.70. The molecule has 3 fully saturated rings. The van der Waals surface area contributed by atoms with Crippen LogP contribution in [-0.4, -0.2) is 94.0 Å². The fraction of sp³-hybridized carbons (Fsp3) is 0.333. The summed E-state index contributed by atoms with van der Waals surface area (Å²) in [4.78, 5) is 4.50. The van der Waals surface area contributed by atoms with E-state index < -0.39 is 0 Å². The lowest BCUT2D eigenvalue weighted by Crippen LogP contribution is -2.48. The SMILES string of the molecule is CC1(N)CCN(c2ccc(-c3ccc(-n4cccn4)cc3O)nn2)CC1.Oc1cc(-n2cccn2)ccc1-c1ccc(N2CCC3(CCCN3)C2)nn1. The van der Waals surface area contributed by atoms with Gasteiger partial charge in [-0.1, -0.05) is 0 Å². The maximum Gasteiger partial charge on any atom is 0.151 e. The number of anilines is 2. The number of hydrogen-bond donors (Lipinski definition) is 4. The Balaban J connectivity index is 0.000000151. The molecule has 272 valence electrons. The maximum atomic E-state index is 10.4. The van der Waals surface area contributed by atoms with Crippen LogP contribution in [0, 0.1) is 0 Å². The Morgan fingerprint density at radius 3 is 1.66 bits per heavy atom. The summed E-state index contributed by atoms with van der Waals surface area (Å²) in [5.41, 5.74) is 10.6. The van der Waals surface area contributed by atoms with Crippen LogP contribution < -0.4 is 20.9 Å². The van der Waals surface area contributed by atoms with Gasteiger partial charge in [0.15, 0.2) is 11.6 Å². The van der Waals surface area contributed by atoms with E-state index in [2.05, 4.69) is 52.6 Å². The molecule has 3 aliphatic heterocycles. The third-order valence-electron chi connectivity index (χ3n) is 10.6. The average molecular weight is 713 g/mol. The quantitative estimate of drug-likeness (QED) is 0.188.